The number of terminal acetylenes is 1. The SMILES string of the molecule is C#CCOc1c(Cl)cc(/C=N\NC(=O)c2ccc(-c3csc(Nc4ccc(C)cc4)n3)cc2)cc1Cl. The van der Waals surface area contributed by atoms with Gasteiger partial charge in [-0.05, 0) is 48.9 Å². The van der Waals surface area contributed by atoms with Gasteiger partial charge in [-0.3, -0.25) is 4.79 Å². The molecule has 0 atom stereocenters. The number of rotatable bonds is 8. The summed E-state index contributed by atoms with van der Waals surface area (Å²) in [5.74, 6) is 2.30. The predicted octanol–water partition coefficient (Wildman–Crippen LogP) is 6.94. The number of carbonyl (C=O) groups excluding carboxylic acids is 1. The van der Waals surface area contributed by atoms with Crippen molar-refractivity contribution in [1.82, 2.24) is 10.4 Å². The molecule has 0 unspecified atom stereocenters. The summed E-state index contributed by atoms with van der Waals surface area (Å²) in [6, 6.07) is 18.5. The fourth-order valence-corrected chi connectivity index (χ4v) is 4.51. The second-order valence-corrected chi connectivity index (χ2v) is 9.28. The van der Waals surface area contributed by atoms with Gasteiger partial charge in [0.05, 0.1) is 22.0 Å². The highest BCUT2D eigenvalue weighted by Gasteiger charge is 2.10. The topological polar surface area (TPSA) is 75.6 Å². The Morgan fingerprint density at radius 2 is 1.83 bits per heavy atom. The molecule has 0 aliphatic carbocycles. The van der Waals surface area contributed by atoms with E-state index < -0.39 is 0 Å². The monoisotopic (exact) mass is 534 g/mol. The summed E-state index contributed by atoms with van der Waals surface area (Å²) in [7, 11) is 0. The Morgan fingerprint density at radius 3 is 2.50 bits per heavy atom. The van der Waals surface area contributed by atoms with Crippen molar-refractivity contribution >= 4 is 57.5 Å². The molecule has 1 heterocycles. The molecule has 0 radical (unpaired) electrons. The van der Waals surface area contributed by atoms with Crippen LogP contribution in [0.2, 0.25) is 10.0 Å². The molecular formula is C27H20Cl2N4O2S. The van der Waals surface area contributed by atoms with Gasteiger partial charge in [0.2, 0.25) is 0 Å². The van der Waals surface area contributed by atoms with Crippen molar-refractivity contribution < 1.29 is 9.53 Å². The van der Waals surface area contributed by atoms with Crippen molar-refractivity contribution in [2.45, 2.75) is 6.92 Å². The van der Waals surface area contributed by atoms with Crippen molar-refractivity contribution in [3.05, 3.63) is 92.8 Å². The first-order chi connectivity index (χ1) is 17.4. The number of benzene rings is 3. The number of aromatic nitrogens is 1. The Kier molecular flexibility index (Phi) is 8.24. The number of thiazole rings is 1. The van der Waals surface area contributed by atoms with Gasteiger partial charge in [-0.1, -0.05) is 59.0 Å². The number of hydrogen-bond donors (Lipinski definition) is 2. The molecule has 0 fully saturated rings. The smallest absolute Gasteiger partial charge is 0.271 e. The lowest BCUT2D eigenvalue weighted by Crippen LogP contribution is -2.17. The van der Waals surface area contributed by atoms with Crippen molar-refractivity contribution in [3.8, 4) is 29.4 Å². The number of hydrazone groups is 1. The second-order valence-electron chi connectivity index (χ2n) is 7.61. The molecular weight excluding hydrogens is 515 g/mol. The van der Waals surface area contributed by atoms with Gasteiger partial charge in [-0.15, -0.1) is 17.8 Å². The zero-order valence-corrected chi connectivity index (χ0v) is 21.4. The zero-order valence-electron chi connectivity index (χ0n) is 19.1. The molecule has 180 valence electrons. The molecule has 0 bridgehead atoms. The largest absolute Gasteiger partial charge is 0.478 e. The number of ether oxygens (including phenoxy) is 1. The van der Waals surface area contributed by atoms with Gasteiger partial charge >= 0.3 is 0 Å². The van der Waals surface area contributed by atoms with E-state index in [0.717, 1.165) is 22.1 Å². The molecule has 0 saturated carbocycles. The molecule has 3 aromatic carbocycles. The molecule has 4 aromatic rings. The number of amides is 1. The highest BCUT2D eigenvalue weighted by molar-refractivity contribution is 7.14. The molecule has 0 aliphatic heterocycles. The molecule has 9 heteroatoms. The van der Waals surface area contributed by atoms with E-state index in [9.17, 15) is 4.79 Å². The first kappa shape index (κ1) is 25.3. The van der Waals surface area contributed by atoms with E-state index in [1.165, 1.54) is 23.1 Å². The minimum absolute atomic E-state index is 0.0513. The van der Waals surface area contributed by atoms with Gasteiger partial charge in [-0.2, -0.15) is 5.10 Å². The third-order valence-electron chi connectivity index (χ3n) is 4.95. The number of carbonyl (C=O) groups is 1. The van der Waals surface area contributed by atoms with Crippen LogP contribution in [-0.4, -0.2) is 23.7 Å². The van der Waals surface area contributed by atoms with Gasteiger partial charge in [-0.25, -0.2) is 10.4 Å². The van der Waals surface area contributed by atoms with Crippen molar-refractivity contribution in [1.29, 1.82) is 0 Å². The lowest BCUT2D eigenvalue weighted by molar-refractivity contribution is 0.0955. The average molecular weight is 535 g/mol. The van der Waals surface area contributed by atoms with E-state index in [0.29, 0.717) is 26.9 Å². The van der Waals surface area contributed by atoms with Gasteiger partial charge in [0.1, 0.15) is 6.61 Å². The van der Waals surface area contributed by atoms with Gasteiger partial charge in [0, 0.05) is 22.2 Å². The zero-order chi connectivity index (χ0) is 25.5. The summed E-state index contributed by atoms with van der Waals surface area (Å²) in [4.78, 5) is 17.1. The third-order valence-corrected chi connectivity index (χ3v) is 6.27. The van der Waals surface area contributed by atoms with Crippen molar-refractivity contribution in [3.63, 3.8) is 0 Å². The van der Waals surface area contributed by atoms with Crippen LogP contribution < -0.4 is 15.5 Å². The molecule has 4 rings (SSSR count). The van der Waals surface area contributed by atoms with Crippen LogP contribution in [-0.2, 0) is 0 Å². The number of nitrogens with one attached hydrogen (secondary N) is 2. The quantitative estimate of drug-likeness (QED) is 0.146. The number of aryl methyl sites for hydroxylation is 1. The molecule has 0 spiro atoms. The second kappa shape index (κ2) is 11.7. The van der Waals surface area contributed by atoms with Crippen LogP contribution in [0, 0.1) is 19.3 Å². The number of halogens is 2. The lowest BCUT2D eigenvalue weighted by atomic mass is 10.1. The molecule has 6 nitrogen and oxygen atoms in total. The molecule has 36 heavy (non-hydrogen) atoms. The average Bonchev–Trinajstić information content (AvgIpc) is 3.33. The summed E-state index contributed by atoms with van der Waals surface area (Å²) in [6.07, 6.45) is 6.63. The molecule has 2 N–H and O–H groups in total. The molecule has 1 aromatic heterocycles. The first-order valence-corrected chi connectivity index (χ1v) is 12.3. The summed E-state index contributed by atoms with van der Waals surface area (Å²) in [5, 5.41) is 10.6. The Bertz CT molecular complexity index is 1420. The molecule has 1 amide bonds. The summed E-state index contributed by atoms with van der Waals surface area (Å²) in [6.45, 7) is 2.10. The van der Waals surface area contributed by atoms with Crippen LogP contribution in [0.15, 0.2) is 71.1 Å². The van der Waals surface area contributed by atoms with E-state index in [1.54, 1.807) is 24.3 Å². The highest BCUT2D eigenvalue weighted by atomic mass is 35.5. The van der Waals surface area contributed by atoms with Crippen LogP contribution >= 0.6 is 34.5 Å². The Balaban J connectivity index is 1.36. The fourth-order valence-electron chi connectivity index (χ4n) is 3.15. The Morgan fingerprint density at radius 1 is 1.14 bits per heavy atom. The van der Waals surface area contributed by atoms with Gasteiger partial charge in [0.15, 0.2) is 10.9 Å². The van der Waals surface area contributed by atoms with E-state index in [4.69, 9.17) is 34.4 Å². The standard InChI is InChI=1S/C27H20Cl2N4O2S/c1-3-12-35-25-22(28)13-18(14-23(25)29)15-30-33-26(34)20-8-6-19(7-9-20)24-16-36-27(32-24)31-21-10-4-17(2)5-11-21/h1,4-11,13-16H,12H2,2H3,(H,31,32)(H,33,34)/b30-15-. The van der Waals surface area contributed by atoms with Crippen LogP contribution in [0.3, 0.4) is 0 Å². The minimum atomic E-state index is -0.357. The van der Waals surface area contributed by atoms with E-state index in [-0.39, 0.29) is 12.5 Å². The van der Waals surface area contributed by atoms with Gasteiger partial charge in [0.25, 0.3) is 5.91 Å². The van der Waals surface area contributed by atoms with Crippen LogP contribution in [0.25, 0.3) is 11.3 Å². The summed E-state index contributed by atoms with van der Waals surface area (Å²) >= 11 is 13.9. The maximum Gasteiger partial charge on any atom is 0.271 e. The minimum Gasteiger partial charge on any atom is -0.478 e. The highest BCUT2D eigenvalue weighted by Crippen LogP contribution is 2.33. The number of anilines is 2. The molecule has 0 saturated heterocycles. The number of nitrogens with zero attached hydrogens (tertiary/aromatic N) is 2. The Hall–Kier alpha value is -3.83. The van der Waals surface area contributed by atoms with Crippen molar-refractivity contribution in [2.24, 2.45) is 5.10 Å². The van der Waals surface area contributed by atoms with Crippen LogP contribution in [0.5, 0.6) is 5.75 Å². The number of hydrogen-bond acceptors (Lipinski definition) is 6. The van der Waals surface area contributed by atoms with Gasteiger partial charge < -0.3 is 10.1 Å². The molecule has 0 aliphatic rings. The van der Waals surface area contributed by atoms with E-state index >= 15 is 0 Å². The van der Waals surface area contributed by atoms with Crippen LogP contribution in [0.1, 0.15) is 21.5 Å². The fraction of sp³-hybridized carbons (Fsp3) is 0.0741. The maximum atomic E-state index is 12.5. The lowest BCUT2D eigenvalue weighted by Gasteiger charge is -2.08. The van der Waals surface area contributed by atoms with Crippen LogP contribution in [0.4, 0.5) is 10.8 Å². The third kappa shape index (κ3) is 6.43. The van der Waals surface area contributed by atoms with E-state index in [1.807, 2.05) is 48.7 Å². The summed E-state index contributed by atoms with van der Waals surface area (Å²) in [5.41, 5.74) is 7.44. The van der Waals surface area contributed by atoms with E-state index in [2.05, 4.69) is 26.7 Å². The predicted molar refractivity (Wildman–Crippen MR) is 148 cm³/mol. The summed E-state index contributed by atoms with van der Waals surface area (Å²) < 4.78 is 5.32. The maximum absolute atomic E-state index is 12.5. The first-order valence-electron chi connectivity index (χ1n) is 10.7. The van der Waals surface area contributed by atoms with Crippen molar-refractivity contribution in [2.75, 3.05) is 11.9 Å². The Labute approximate surface area is 222 Å². The normalized spacial score (nSPS) is 10.7.